The quantitative estimate of drug-likeness (QED) is 0.0704. The molecule has 0 fully saturated rings. The number of carbonyl (C=O) groups is 4. The zero-order chi connectivity index (χ0) is 29.5. The molecule has 0 unspecified atom stereocenters. The van der Waals surface area contributed by atoms with Crippen LogP contribution in [-0.2, 0) is 14.3 Å². The largest absolute Gasteiger partial charge is 0.513 e. The first-order valence-corrected chi connectivity index (χ1v) is 13.2. The summed E-state index contributed by atoms with van der Waals surface area (Å²) in [5.74, 6) is -0.659. The Hall–Kier alpha value is -4.92. The van der Waals surface area contributed by atoms with E-state index in [0.717, 1.165) is 37.3 Å². The van der Waals surface area contributed by atoms with Crippen LogP contribution in [0.1, 0.15) is 58.4 Å². The van der Waals surface area contributed by atoms with Crippen molar-refractivity contribution in [3.05, 3.63) is 102 Å². The van der Waals surface area contributed by atoms with E-state index in [1.165, 1.54) is 48.5 Å². The Kier molecular flexibility index (Phi) is 12.1. The van der Waals surface area contributed by atoms with Crippen LogP contribution >= 0.6 is 0 Å². The van der Waals surface area contributed by atoms with Crippen molar-refractivity contribution in [1.29, 1.82) is 0 Å². The summed E-state index contributed by atoms with van der Waals surface area (Å²) in [4.78, 5) is 47.7. The van der Waals surface area contributed by atoms with Gasteiger partial charge in [-0.25, -0.2) is 19.2 Å². The fourth-order valence-electron chi connectivity index (χ4n) is 3.50. The first-order chi connectivity index (χ1) is 19.8. The van der Waals surface area contributed by atoms with Crippen molar-refractivity contribution in [3.63, 3.8) is 0 Å². The summed E-state index contributed by atoms with van der Waals surface area (Å²) >= 11 is 0. The van der Waals surface area contributed by atoms with Crippen LogP contribution in [0.15, 0.2) is 85.5 Å². The van der Waals surface area contributed by atoms with Gasteiger partial charge in [-0.1, -0.05) is 43.5 Å². The van der Waals surface area contributed by atoms with Crippen LogP contribution in [-0.4, -0.2) is 37.3 Å². The fraction of sp³-hybridized carbons (Fsp3) is 0.250. The number of carbonyl (C=O) groups excluding carboxylic acids is 4. The molecule has 0 saturated heterocycles. The Morgan fingerprint density at radius 2 is 1.00 bits per heavy atom. The van der Waals surface area contributed by atoms with Gasteiger partial charge < -0.3 is 23.7 Å². The summed E-state index contributed by atoms with van der Waals surface area (Å²) < 4.78 is 25.8. The monoisotopic (exact) mass is 560 g/mol. The highest BCUT2D eigenvalue weighted by atomic mass is 16.7. The number of benzene rings is 3. The second-order valence-electron chi connectivity index (χ2n) is 8.98. The molecule has 3 aromatic rings. The average molecular weight is 561 g/mol. The van der Waals surface area contributed by atoms with Gasteiger partial charge in [-0.05, 0) is 80.4 Å². The van der Waals surface area contributed by atoms with Crippen LogP contribution in [0.4, 0.5) is 4.79 Å². The number of ether oxygens (including phenoxy) is 5. The zero-order valence-corrected chi connectivity index (χ0v) is 22.8. The second-order valence-corrected chi connectivity index (χ2v) is 8.98. The molecule has 0 amide bonds. The van der Waals surface area contributed by atoms with Gasteiger partial charge in [-0.3, -0.25) is 0 Å². The molecule has 0 heterocycles. The van der Waals surface area contributed by atoms with E-state index >= 15 is 0 Å². The van der Waals surface area contributed by atoms with Crippen LogP contribution < -0.4 is 14.2 Å². The highest BCUT2D eigenvalue weighted by molar-refractivity contribution is 5.92. The van der Waals surface area contributed by atoms with E-state index in [2.05, 4.69) is 6.58 Å². The summed E-state index contributed by atoms with van der Waals surface area (Å²) in [7, 11) is 0. The summed E-state index contributed by atoms with van der Waals surface area (Å²) in [6, 6.07) is 19.0. The molecule has 0 radical (unpaired) electrons. The predicted molar refractivity (Wildman–Crippen MR) is 150 cm³/mol. The molecule has 9 nitrogen and oxygen atoms in total. The van der Waals surface area contributed by atoms with Crippen molar-refractivity contribution < 1.29 is 42.9 Å². The average Bonchev–Trinajstić information content (AvgIpc) is 2.98. The first kappa shape index (κ1) is 30.6. The molecular weight excluding hydrogens is 528 g/mol. The standard InChI is InChI=1S/C32H32O9/c1-3-29(33)37-21-7-5-4-6-8-22-38-32(36)41-28-19-13-25(14-20-28)31(35)40-27-17-11-24(12-18-27)30(34)39-26-15-9-23(2)10-16-26/h3,9-20H,1,4-8,21-22H2,2H3. The number of hydrogen-bond donors (Lipinski definition) is 0. The van der Waals surface area contributed by atoms with Crippen LogP contribution in [0.25, 0.3) is 0 Å². The predicted octanol–water partition coefficient (Wildman–Crippen LogP) is 6.63. The van der Waals surface area contributed by atoms with Crippen LogP contribution in [0.5, 0.6) is 17.2 Å². The van der Waals surface area contributed by atoms with E-state index in [1.54, 1.807) is 12.1 Å². The molecule has 0 aliphatic carbocycles. The number of unbranched alkanes of at least 4 members (excludes halogenated alkanes) is 4. The molecule has 0 aliphatic rings. The van der Waals surface area contributed by atoms with Crippen molar-refractivity contribution in [2.75, 3.05) is 13.2 Å². The van der Waals surface area contributed by atoms with Gasteiger partial charge in [0.1, 0.15) is 17.2 Å². The van der Waals surface area contributed by atoms with Crippen molar-refractivity contribution >= 4 is 24.1 Å². The van der Waals surface area contributed by atoms with E-state index in [0.29, 0.717) is 24.3 Å². The minimum atomic E-state index is -0.836. The maximum atomic E-state index is 12.5. The van der Waals surface area contributed by atoms with Crippen molar-refractivity contribution in [2.24, 2.45) is 0 Å². The minimum Gasteiger partial charge on any atom is -0.463 e. The molecule has 9 heteroatoms. The fourth-order valence-corrected chi connectivity index (χ4v) is 3.50. The van der Waals surface area contributed by atoms with Gasteiger partial charge in [-0.15, -0.1) is 0 Å². The minimum absolute atomic E-state index is 0.219. The van der Waals surface area contributed by atoms with E-state index in [-0.39, 0.29) is 23.7 Å². The summed E-state index contributed by atoms with van der Waals surface area (Å²) in [5.41, 5.74) is 1.61. The van der Waals surface area contributed by atoms with Gasteiger partial charge in [0.2, 0.25) is 0 Å². The highest BCUT2D eigenvalue weighted by Crippen LogP contribution is 2.19. The molecule has 41 heavy (non-hydrogen) atoms. The van der Waals surface area contributed by atoms with E-state index in [4.69, 9.17) is 23.7 Å². The second kappa shape index (κ2) is 16.2. The zero-order valence-electron chi connectivity index (χ0n) is 22.8. The van der Waals surface area contributed by atoms with Crippen molar-refractivity contribution in [3.8, 4) is 17.2 Å². The first-order valence-electron chi connectivity index (χ1n) is 13.2. The lowest BCUT2D eigenvalue weighted by atomic mass is 10.1. The SMILES string of the molecule is C=CC(=O)OCCCCCCCOC(=O)Oc1ccc(C(=O)Oc2ccc(C(=O)Oc3ccc(C)cc3)cc2)cc1. The van der Waals surface area contributed by atoms with Crippen LogP contribution in [0.3, 0.4) is 0 Å². The molecule has 0 spiro atoms. The van der Waals surface area contributed by atoms with Gasteiger partial charge in [0, 0.05) is 6.08 Å². The summed E-state index contributed by atoms with van der Waals surface area (Å²) in [6.45, 7) is 5.86. The van der Waals surface area contributed by atoms with Gasteiger partial charge in [0.25, 0.3) is 0 Å². The van der Waals surface area contributed by atoms with Gasteiger partial charge in [0.15, 0.2) is 0 Å². The number of esters is 3. The summed E-state index contributed by atoms with van der Waals surface area (Å²) in [6.07, 6.45) is 4.43. The Morgan fingerprint density at radius 1 is 0.585 bits per heavy atom. The van der Waals surface area contributed by atoms with Gasteiger partial charge >= 0.3 is 24.1 Å². The molecule has 214 valence electrons. The topological polar surface area (TPSA) is 114 Å². The molecule has 3 aromatic carbocycles. The third kappa shape index (κ3) is 11.0. The smallest absolute Gasteiger partial charge is 0.463 e. The Balaban J connectivity index is 1.34. The molecule has 0 N–H and O–H groups in total. The molecule has 0 atom stereocenters. The number of hydrogen-bond acceptors (Lipinski definition) is 9. The normalized spacial score (nSPS) is 10.3. The Morgan fingerprint density at radius 3 is 1.49 bits per heavy atom. The van der Waals surface area contributed by atoms with Gasteiger partial charge in [0.05, 0.1) is 24.3 Å². The molecule has 0 bridgehead atoms. The molecule has 0 saturated carbocycles. The van der Waals surface area contributed by atoms with Gasteiger partial charge in [-0.2, -0.15) is 0 Å². The Labute approximate surface area is 238 Å². The van der Waals surface area contributed by atoms with Crippen LogP contribution in [0.2, 0.25) is 0 Å². The third-order valence-electron chi connectivity index (χ3n) is 5.74. The number of rotatable bonds is 14. The summed E-state index contributed by atoms with van der Waals surface area (Å²) in [5, 5.41) is 0. The maximum absolute atomic E-state index is 12.5. The van der Waals surface area contributed by atoms with Crippen LogP contribution in [0, 0.1) is 6.92 Å². The van der Waals surface area contributed by atoms with E-state index in [1.807, 2.05) is 19.1 Å². The molecular formula is C32H32O9. The number of aryl methyl sites for hydroxylation is 1. The highest BCUT2D eigenvalue weighted by Gasteiger charge is 2.13. The lowest BCUT2D eigenvalue weighted by molar-refractivity contribution is -0.137. The van der Waals surface area contributed by atoms with Crippen molar-refractivity contribution in [1.82, 2.24) is 0 Å². The van der Waals surface area contributed by atoms with E-state index in [9.17, 15) is 19.2 Å². The van der Waals surface area contributed by atoms with Crippen molar-refractivity contribution in [2.45, 2.75) is 39.0 Å². The molecule has 3 rings (SSSR count). The lowest BCUT2D eigenvalue weighted by Gasteiger charge is -2.08. The maximum Gasteiger partial charge on any atom is 0.513 e. The van der Waals surface area contributed by atoms with E-state index < -0.39 is 24.1 Å². The lowest BCUT2D eigenvalue weighted by Crippen LogP contribution is -2.12. The Bertz CT molecular complexity index is 1310. The molecule has 0 aliphatic heterocycles. The molecule has 0 aromatic heterocycles. The third-order valence-corrected chi connectivity index (χ3v) is 5.74.